The lowest BCUT2D eigenvalue weighted by molar-refractivity contribution is -0.150. The van der Waals surface area contributed by atoms with Gasteiger partial charge in [-0.05, 0) is 57.8 Å². The van der Waals surface area contributed by atoms with Gasteiger partial charge < -0.3 is 9.84 Å². The Morgan fingerprint density at radius 3 is 1.30 bits per heavy atom. The molecule has 260 valence electrons. The minimum Gasteiger partial charge on any atom is -0.481 e. The van der Waals surface area contributed by atoms with E-state index in [1.807, 2.05) is 0 Å². The van der Waals surface area contributed by atoms with Gasteiger partial charge in [0.1, 0.15) is 6.10 Å². The summed E-state index contributed by atoms with van der Waals surface area (Å²) in [5.74, 6) is -0.641. The molecule has 0 bridgehead atoms. The van der Waals surface area contributed by atoms with Crippen LogP contribution in [0, 0.1) is 0 Å². The molecule has 0 heterocycles. The number of esters is 1. The highest BCUT2D eigenvalue weighted by atomic mass is 16.5. The fraction of sp³-hybridized carbons (Fsp3) is 0.900. The molecule has 0 fully saturated rings. The smallest absolute Gasteiger partial charge is 0.306 e. The first kappa shape index (κ1) is 42.7. The minimum absolute atomic E-state index is 0.0285. The molecule has 0 aromatic rings. The third kappa shape index (κ3) is 35.2. The van der Waals surface area contributed by atoms with Crippen LogP contribution in [0.3, 0.4) is 0 Å². The number of carboxylic acid groups (broad SMARTS) is 1. The molecule has 4 nitrogen and oxygen atoms in total. The van der Waals surface area contributed by atoms with Gasteiger partial charge in [0.25, 0.3) is 0 Å². The predicted molar refractivity (Wildman–Crippen MR) is 190 cm³/mol. The lowest BCUT2D eigenvalue weighted by Crippen LogP contribution is -2.18. The van der Waals surface area contributed by atoms with Gasteiger partial charge in [0.05, 0.1) is 0 Å². The quantitative estimate of drug-likeness (QED) is 0.0430. The van der Waals surface area contributed by atoms with Crippen molar-refractivity contribution < 1.29 is 19.4 Å². The van der Waals surface area contributed by atoms with Gasteiger partial charge >= 0.3 is 11.9 Å². The Morgan fingerprint density at radius 2 is 0.841 bits per heavy atom. The van der Waals surface area contributed by atoms with E-state index in [2.05, 4.69) is 26.0 Å². The number of ether oxygens (including phenoxy) is 1. The average Bonchev–Trinajstić information content (AvgIpc) is 3.01. The van der Waals surface area contributed by atoms with Crippen LogP contribution in [0.2, 0.25) is 0 Å². The first-order valence-electron chi connectivity index (χ1n) is 19.7. The summed E-state index contributed by atoms with van der Waals surface area (Å²) in [4.78, 5) is 23.0. The van der Waals surface area contributed by atoms with Crippen LogP contribution >= 0.6 is 0 Å². The summed E-state index contributed by atoms with van der Waals surface area (Å²) in [5, 5.41) is 8.67. The number of allylic oxidation sites excluding steroid dienone is 2. The molecule has 1 atom stereocenters. The van der Waals surface area contributed by atoms with Gasteiger partial charge in [-0.25, -0.2) is 0 Å². The van der Waals surface area contributed by atoms with Crippen LogP contribution in [0.25, 0.3) is 0 Å². The molecule has 0 spiro atoms. The molecule has 44 heavy (non-hydrogen) atoms. The molecule has 1 unspecified atom stereocenters. The number of carbonyl (C=O) groups excluding carboxylic acids is 1. The maximum atomic E-state index is 12.5. The first-order chi connectivity index (χ1) is 21.6. The Hall–Kier alpha value is -1.32. The number of hydrogen-bond donors (Lipinski definition) is 1. The van der Waals surface area contributed by atoms with Gasteiger partial charge in [0.15, 0.2) is 0 Å². The summed E-state index contributed by atoms with van der Waals surface area (Å²) in [6.07, 6.45) is 44.2. The van der Waals surface area contributed by atoms with E-state index in [9.17, 15) is 9.59 Å². The maximum absolute atomic E-state index is 12.5. The van der Waals surface area contributed by atoms with Crippen LogP contribution in [-0.2, 0) is 14.3 Å². The van der Waals surface area contributed by atoms with Crippen molar-refractivity contribution in [2.75, 3.05) is 0 Å². The second-order valence-corrected chi connectivity index (χ2v) is 13.5. The molecule has 0 aliphatic heterocycles. The van der Waals surface area contributed by atoms with Crippen LogP contribution in [0.15, 0.2) is 12.2 Å². The van der Waals surface area contributed by atoms with E-state index in [1.165, 1.54) is 148 Å². The average molecular weight is 621 g/mol. The van der Waals surface area contributed by atoms with E-state index in [0.717, 1.165) is 51.4 Å². The summed E-state index contributed by atoms with van der Waals surface area (Å²) in [5.41, 5.74) is 0. The third-order valence-electron chi connectivity index (χ3n) is 8.99. The molecule has 0 rings (SSSR count). The summed E-state index contributed by atoms with van der Waals surface area (Å²) < 4.78 is 5.93. The van der Waals surface area contributed by atoms with E-state index < -0.39 is 5.97 Å². The van der Waals surface area contributed by atoms with Gasteiger partial charge in [0.2, 0.25) is 0 Å². The molecule has 0 aliphatic rings. The van der Waals surface area contributed by atoms with Crippen molar-refractivity contribution in [1.82, 2.24) is 0 Å². The van der Waals surface area contributed by atoms with Crippen LogP contribution in [-0.4, -0.2) is 23.1 Å². The molecule has 0 saturated carbocycles. The Bertz CT molecular complexity index is 629. The van der Waals surface area contributed by atoms with E-state index in [0.29, 0.717) is 12.8 Å². The Kier molecular flexibility index (Phi) is 35.1. The summed E-state index contributed by atoms with van der Waals surface area (Å²) in [6.45, 7) is 4.49. The summed E-state index contributed by atoms with van der Waals surface area (Å²) >= 11 is 0. The molecule has 0 saturated heterocycles. The van der Waals surface area contributed by atoms with Gasteiger partial charge in [-0.2, -0.15) is 0 Å². The van der Waals surface area contributed by atoms with E-state index in [-0.39, 0.29) is 12.1 Å². The molecular weight excluding hydrogens is 544 g/mol. The Morgan fingerprint density at radius 1 is 0.477 bits per heavy atom. The zero-order chi connectivity index (χ0) is 32.2. The van der Waals surface area contributed by atoms with Crippen LogP contribution < -0.4 is 0 Å². The van der Waals surface area contributed by atoms with Crippen molar-refractivity contribution in [2.24, 2.45) is 0 Å². The maximum Gasteiger partial charge on any atom is 0.306 e. The fourth-order valence-electron chi connectivity index (χ4n) is 6.05. The van der Waals surface area contributed by atoms with Gasteiger partial charge in [-0.3, -0.25) is 9.59 Å². The molecular formula is C40H76O4. The number of carboxylic acids is 1. The number of hydrogen-bond acceptors (Lipinski definition) is 3. The van der Waals surface area contributed by atoms with Gasteiger partial charge in [-0.1, -0.05) is 167 Å². The number of carbonyl (C=O) groups is 2. The number of rotatable bonds is 36. The van der Waals surface area contributed by atoms with Crippen molar-refractivity contribution in [3.8, 4) is 0 Å². The second-order valence-electron chi connectivity index (χ2n) is 13.5. The molecule has 0 aliphatic carbocycles. The molecule has 0 aromatic heterocycles. The largest absolute Gasteiger partial charge is 0.481 e. The molecule has 0 radical (unpaired) electrons. The third-order valence-corrected chi connectivity index (χ3v) is 8.99. The summed E-state index contributed by atoms with van der Waals surface area (Å²) in [7, 11) is 0. The van der Waals surface area contributed by atoms with Crippen LogP contribution in [0.5, 0.6) is 0 Å². The van der Waals surface area contributed by atoms with Crippen molar-refractivity contribution in [3.63, 3.8) is 0 Å². The zero-order valence-electron chi connectivity index (χ0n) is 29.7. The molecule has 1 N–H and O–H groups in total. The molecule has 0 amide bonds. The second kappa shape index (κ2) is 36.2. The first-order valence-corrected chi connectivity index (χ1v) is 19.7. The van der Waals surface area contributed by atoms with Crippen LogP contribution in [0.4, 0.5) is 0 Å². The Labute approximate surface area is 275 Å². The highest BCUT2D eigenvalue weighted by Gasteiger charge is 2.14. The van der Waals surface area contributed by atoms with Crippen molar-refractivity contribution in [1.29, 1.82) is 0 Å². The topological polar surface area (TPSA) is 63.6 Å². The van der Waals surface area contributed by atoms with Crippen LogP contribution in [0.1, 0.15) is 226 Å². The lowest BCUT2D eigenvalue weighted by Gasteiger charge is -2.18. The fourth-order valence-corrected chi connectivity index (χ4v) is 6.05. The van der Waals surface area contributed by atoms with E-state index in [1.54, 1.807) is 0 Å². The van der Waals surface area contributed by atoms with Gasteiger partial charge in [0, 0.05) is 12.8 Å². The van der Waals surface area contributed by atoms with Crippen molar-refractivity contribution >= 4 is 11.9 Å². The highest BCUT2D eigenvalue weighted by Crippen LogP contribution is 2.18. The van der Waals surface area contributed by atoms with E-state index >= 15 is 0 Å². The summed E-state index contributed by atoms with van der Waals surface area (Å²) in [6, 6.07) is 0. The Balaban J connectivity index is 3.62. The lowest BCUT2D eigenvalue weighted by atomic mass is 10.0. The normalized spacial score (nSPS) is 12.2. The number of unbranched alkanes of at least 4 members (excludes halogenated alkanes) is 25. The molecule has 0 aromatic carbocycles. The standard InChI is InChI=1S/C40H76O4/c1-3-5-7-8-9-10-11-12-13-14-15-16-21-24-27-30-33-37-40(43)44-38(34-6-4-2)35-31-28-25-22-19-17-18-20-23-26-29-32-36-39(41)42/h12-13,38H,3-11,14-37H2,1-2H3,(H,41,42)/b13-12-. The predicted octanol–water partition coefficient (Wildman–Crippen LogP) is 13.5. The monoisotopic (exact) mass is 621 g/mol. The van der Waals surface area contributed by atoms with Crippen molar-refractivity contribution in [3.05, 3.63) is 12.2 Å². The highest BCUT2D eigenvalue weighted by molar-refractivity contribution is 5.69. The minimum atomic E-state index is -0.669. The van der Waals surface area contributed by atoms with Gasteiger partial charge in [-0.15, -0.1) is 0 Å². The van der Waals surface area contributed by atoms with Crippen molar-refractivity contribution in [2.45, 2.75) is 232 Å². The molecule has 4 heteroatoms. The van der Waals surface area contributed by atoms with E-state index in [4.69, 9.17) is 9.84 Å². The zero-order valence-corrected chi connectivity index (χ0v) is 29.7. The number of aliphatic carboxylic acids is 1. The SMILES string of the molecule is CCCCCCCC/C=C\CCCCCCCCCC(=O)OC(CCCC)CCCCCCCCCCCCCCC(=O)O.